The van der Waals surface area contributed by atoms with E-state index in [0.29, 0.717) is 57.2 Å². The number of amides is 4. The number of rotatable bonds is 11. The summed E-state index contributed by atoms with van der Waals surface area (Å²) >= 11 is 0. The van der Waals surface area contributed by atoms with Crippen molar-refractivity contribution in [2.24, 2.45) is 5.92 Å². The SMILES string of the molecule is C[C@@H](/C=C/CC(=O)N1CCC[C@H]1CO)[C@]1(O)C(=O)N(Cc2cccc(NC(=O)c3ccc(N)cc3)c2)c2ccc(NC(=O)c3ccc(N)cc3)cc21. The molecule has 2 aliphatic rings. The van der Waals surface area contributed by atoms with Crippen LogP contribution in [-0.2, 0) is 21.7 Å². The average Bonchev–Trinajstić information content (AvgIpc) is 3.70. The Morgan fingerprint density at radius 3 is 2.13 bits per heavy atom. The first-order valence-electron chi connectivity index (χ1n) is 17.2. The maximum absolute atomic E-state index is 14.3. The number of anilines is 5. The van der Waals surface area contributed by atoms with Gasteiger partial charge in [0.05, 0.1) is 24.9 Å². The molecule has 0 aromatic heterocycles. The number of nitrogens with two attached hydrogens (primary N) is 2. The summed E-state index contributed by atoms with van der Waals surface area (Å²) in [4.78, 5) is 56.4. The molecular formula is C40H42N6O6. The van der Waals surface area contributed by atoms with Crippen LogP contribution in [0.3, 0.4) is 0 Å². The van der Waals surface area contributed by atoms with Crippen molar-refractivity contribution in [3.05, 3.63) is 125 Å². The lowest BCUT2D eigenvalue weighted by molar-refractivity contribution is -0.139. The van der Waals surface area contributed by atoms with Crippen molar-refractivity contribution in [1.82, 2.24) is 4.90 Å². The number of likely N-dealkylation sites (tertiary alicyclic amines) is 1. The highest BCUT2D eigenvalue weighted by Crippen LogP contribution is 2.47. The Kier molecular flexibility index (Phi) is 10.4. The third kappa shape index (κ3) is 7.39. The van der Waals surface area contributed by atoms with Crippen LogP contribution in [0.2, 0.25) is 0 Å². The second-order valence-corrected chi connectivity index (χ2v) is 13.2. The molecule has 268 valence electrons. The number of carbonyl (C=O) groups is 4. The Balaban J connectivity index is 1.27. The minimum Gasteiger partial charge on any atom is -0.399 e. The van der Waals surface area contributed by atoms with E-state index in [-0.39, 0.29) is 37.4 Å². The maximum atomic E-state index is 14.3. The second kappa shape index (κ2) is 15.1. The summed E-state index contributed by atoms with van der Waals surface area (Å²) in [6.07, 6.45) is 4.92. The molecule has 2 heterocycles. The van der Waals surface area contributed by atoms with Crippen molar-refractivity contribution in [2.45, 2.75) is 44.4 Å². The molecule has 1 saturated heterocycles. The third-order valence-corrected chi connectivity index (χ3v) is 9.68. The maximum Gasteiger partial charge on any atom is 0.264 e. The zero-order chi connectivity index (χ0) is 37.0. The van der Waals surface area contributed by atoms with Crippen LogP contribution in [0.4, 0.5) is 28.4 Å². The summed E-state index contributed by atoms with van der Waals surface area (Å²) in [5.74, 6) is -2.21. The van der Waals surface area contributed by atoms with Crippen molar-refractivity contribution in [3.63, 3.8) is 0 Å². The fourth-order valence-electron chi connectivity index (χ4n) is 6.77. The summed E-state index contributed by atoms with van der Waals surface area (Å²) in [6, 6.07) is 24.8. The number of hydrogen-bond acceptors (Lipinski definition) is 8. The molecule has 6 rings (SSSR count). The molecule has 52 heavy (non-hydrogen) atoms. The van der Waals surface area contributed by atoms with Crippen molar-refractivity contribution < 1.29 is 29.4 Å². The number of aliphatic hydroxyl groups is 2. The van der Waals surface area contributed by atoms with E-state index in [1.165, 1.54) is 4.90 Å². The Morgan fingerprint density at radius 1 is 0.904 bits per heavy atom. The molecule has 12 heteroatoms. The molecule has 8 N–H and O–H groups in total. The molecule has 12 nitrogen and oxygen atoms in total. The number of nitrogen functional groups attached to an aromatic ring is 2. The molecule has 4 aromatic carbocycles. The number of hydrogen-bond donors (Lipinski definition) is 6. The van der Waals surface area contributed by atoms with Crippen LogP contribution in [-0.4, -0.2) is 57.9 Å². The van der Waals surface area contributed by atoms with E-state index >= 15 is 0 Å². The molecule has 0 aliphatic carbocycles. The number of nitrogens with one attached hydrogen (secondary N) is 2. The molecule has 0 bridgehead atoms. The third-order valence-electron chi connectivity index (χ3n) is 9.68. The Morgan fingerprint density at radius 2 is 1.52 bits per heavy atom. The zero-order valence-corrected chi connectivity index (χ0v) is 28.8. The lowest BCUT2D eigenvalue weighted by Crippen LogP contribution is -2.44. The highest BCUT2D eigenvalue weighted by atomic mass is 16.3. The average molecular weight is 703 g/mol. The summed E-state index contributed by atoms with van der Waals surface area (Å²) in [5, 5.41) is 27.7. The lowest BCUT2D eigenvalue weighted by atomic mass is 9.82. The molecule has 4 aromatic rings. The van der Waals surface area contributed by atoms with Gasteiger partial charge in [0.15, 0.2) is 5.60 Å². The van der Waals surface area contributed by atoms with E-state index in [9.17, 15) is 29.4 Å². The predicted molar refractivity (Wildman–Crippen MR) is 200 cm³/mol. The van der Waals surface area contributed by atoms with Gasteiger partial charge in [0.25, 0.3) is 17.7 Å². The van der Waals surface area contributed by atoms with E-state index < -0.39 is 23.3 Å². The van der Waals surface area contributed by atoms with Crippen LogP contribution in [0.15, 0.2) is 103 Å². The number of nitrogens with zero attached hydrogens (tertiary/aromatic N) is 2. The topological polar surface area (TPSA) is 191 Å². The largest absolute Gasteiger partial charge is 0.399 e. The Bertz CT molecular complexity index is 2010. The van der Waals surface area contributed by atoms with Crippen LogP contribution in [0.5, 0.6) is 0 Å². The fourth-order valence-corrected chi connectivity index (χ4v) is 6.77. The van der Waals surface area contributed by atoms with E-state index in [2.05, 4.69) is 10.6 Å². The summed E-state index contributed by atoms with van der Waals surface area (Å²) < 4.78 is 0. The van der Waals surface area contributed by atoms with Crippen LogP contribution in [0.25, 0.3) is 0 Å². The van der Waals surface area contributed by atoms with Crippen LogP contribution in [0, 0.1) is 5.92 Å². The van der Waals surface area contributed by atoms with Gasteiger partial charge in [-0.15, -0.1) is 0 Å². The molecule has 4 amide bonds. The van der Waals surface area contributed by atoms with Crippen LogP contribution in [0.1, 0.15) is 58.0 Å². The molecule has 0 saturated carbocycles. The minimum atomic E-state index is -2.04. The fraction of sp³-hybridized carbons (Fsp3) is 0.250. The van der Waals surface area contributed by atoms with Gasteiger partial charge in [-0.05, 0) is 97.3 Å². The molecule has 3 atom stereocenters. The van der Waals surface area contributed by atoms with E-state index in [1.54, 1.807) is 109 Å². The molecule has 2 aliphatic heterocycles. The van der Waals surface area contributed by atoms with E-state index in [0.717, 1.165) is 12.8 Å². The van der Waals surface area contributed by atoms with Gasteiger partial charge in [0.2, 0.25) is 5.91 Å². The first kappa shape index (κ1) is 35.8. The monoisotopic (exact) mass is 702 g/mol. The predicted octanol–water partition coefficient (Wildman–Crippen LogP) is 4.66. The van der Waals surface area contributed by atoms with Crippen molar-refractivity contribution >= 4 is 52.1 Å². The quantitative estimate of drug-likeness (QED) is 0.0961. The second-order valence-electron chi connectivity index (χ2n) is 13.2. The van der Waals surface area contributed by atoms with E-state index in [4.69, 9.17) is 11.5 Å². The van der Waals surface area contributed by atoms with Crippen LogP contribution < -0.4 is 27.0 Å². The summed E-state index contributed by atoms with van der Waals surface area (Å²) in [5.41, 5.74) is 13.7. The minimum absolute atomic E-state index is 0.0498. The van der Waals surface area contributed by atoms with Crippen molar-refractivity contribution in [1.29, 1.82) is 0 Å². The number of benzene rings is 4. The summed E-state index contributed by atoms with van der Waals surface area (Å²) in [7, 11) is 0. The summed E-state index contributed by atoms with van der Waals surface area (Å²) in [6.45, 7) is 2.26. The molecule has 0 spiro atoms. The van der Waals surface area contributed by atoms with Crippen LogP contribution >= 0.6 is 0 Å². The normalized spacial score (nSPS) is 18.8. The molecule has 1 fully saturated rings. The standard InChI is InChI=1S/C40H42N6O6/c1-25(5-2-9-36(48)45-20-4-8-33(45)24-47)40(52)34-22-32(44-38(50)28-12-16-30(42)17-13-28)18-19-35(34)46(39(40)51)23-26-6-3-7-31(21-26)43-37(49)27-10-14-29(41)15-11-27/h2-3,5-7,10-19,21-22,25,33,47,52H,4,8-9,20,23-24,41-42H2,1H3,(H,43,49)(H,44,50)/b5-2+/t25-,33-,40+/m0/s1. The first-order chi connectivity index (χ1) is 25.0. The molecule has 0 radical (unpaired) electrons. The van der Waals surface area contributed by atoms with Gasteiger partial charge in [0, 0.05) is 58.3 Å². The van der Waals surface area contributed by atoms with Gasteiger partial charge in [-0.3, -0.25) is 19.2 Å². The molecule has 0 unspecified atom stereocenters. The van der Waals surface area contributed by atoms with Gasteiger partial charge < -0.3 is 42.1 Å². The van der Waals surface area contributed by atoms with Crippen molar-refractivity contribution in [3.8, 4) is 0 Å². The van der Waals surface area contributed by atoms with E-state index in [1.807, 2.05) is 6.07 Å². The highest BCUT2D eigenvalue weighted by molar-refractivity contribution is 6.09. The number of aliphatic hydroxyl groups excluding tert-OH is 1. The molecular weight excluding hydrogens is 660 g/mol. The highest BCUT2D eigenvalue weighted by Gasteiger charge is 2.52. The van der Waals surface area contributed by atoms with Gasteiger partial charge >= 0.3 is 0 Å². The van der Waals surface area contributed by atoms with Gasteiger partial charge in [-0.1, -0.05) is 31.2 Å². The number of carbonyl (C=O) groups excluding carboxylic acids is 4. The van der Waals surface area contributed by atoms with Gasteiger partial charge in [0.1, 0.15) is 0 Å². The Hall–Kier alpha value is -5.98. The first-order valence-corrected chi connectivity index (χ1v) is 17.2. The lowest BCUT2D eigenvalue weighted by Gasteiger charge is -2.28. The van der Waals surface area contributed by atoms with Crippen molar-refractivity contribution in [2.75, 3.05) is 40.2 Å². The van der Waals surface area contributed by atoms with Gasteiger partial charge in [-0.2, -0.15) is 0 Å². The smallest absolute Gasteiger partial charge is 0.264 e. The van der Waals surface area contributed by atoms with Gasteiger partial charge in [-0.25, -0.2) is 0 Å². The zero-order valence-electron chi connectivity index (χ0n) is 28.8. The number of fused-ring (bicyclic) bond motifs is 1. The Labute approximate surface area is 301 Å².